The second-order valence-electron chi connectivity index (χ2n) is 6.61. The molecule has 2 aromatic carbocycles. The standard InChI is InChI=1S/C21H22N2O6/c1-28-17-8-3-13(11-18(17)29-2)9-10-23-19(24)12-16(20(23)25)22-15-6-4-14(5-7-15)21(26)27/h3-8,11,16,22H,9-10,12H2,1-2H3,(H,26,27)/t16-/m0/s1. The van der Waals surface area contributed by atoms with Crippen LogP contribution < -0.4 is 14.8 Å². The first-order valence-electron chi connectivity index (χ1n) is 9.08. The number of amides is 2. The molecule has 8 heteroatoms. The number of carboxylic acids is 1. The van der Waals surface area contributed by atoms with Crippen LogP contribution >= 0.6 is 0 Å². The summed E-state index contributed by atoms with van der Waals surface area (Å²) in [5.74, 6) is -0.353. The maximum Gasteiger partial charge on any atom is 0.335 e. The molecular formula is C21H22N2O6. The monoisotopic (exact) mass is 398 g/mol. The molecule has 1 aliphatic heterocycles. The maximum absolute atomic E-state index is 12.6. The third-order valence-electron chi connectivity index (χ3n) is 4.79. The Morgan fingerprint density at radius 1 is 1.10 bits per heavy atom. The summed E-state index contributed by atoms with van der Waals surface area (Å²) in [6, 6.07) is 10.9. The van der Waals surface area contributed by atoms with Gasteiger partial charge in [-0.15, -0.1) is 0 Å². The fourth-order valence-electron chi connectivity index (χ4n) is 3.22. The number of hydrogen-bond acceptors (Lipinski definition) is 6. The minimum absolute atomic E-state index is 0.0610. The first-order chi connectivity index (χ1) is 13.9. The first kappa shape index (κ1) is 20.2. The van der Waals surface area contributed by atoms with E-state index in [9.17, 15) is 14.4 Å². The van der Waals surface area contributed by atoms with Crippen LogP contribution in [-0.4, -0.2) is 54.6 Å². The minimum atomic E-state index is -1.02. The summed E-state index contributed by atoms with van der Waals surface area (Å²) in [5, 5.41) is 12.0. The number of methoxy groups -OCH3 is 2. The van der Waals surface area contributed by atoms with Crippen molar-refractivity contribution >= 4 is 23.5 Å². The summed E-state index contributed by atoms with van der Waals surface area (Å²) >= 11 is 0. The highest BCUT2D eigenvalue weighted by molar-refractivity contribution is 6.06. The Kier molecular flexibility index (Phi) is 6.01. The Labute approximate surface area is 168 Å². The lowest BCUT2D eigenvalue weighted by Gasteiger charge is -2.16. The van der Waals surface area contributed by atoms with Crippen molar-refractivity contribution in [1.29, 1.82) is 0 Å². The van der Waals surface area contributed by atoms with E-state index in [0.29, 0.717) is 23.6 Å². The van der Waals surface area contributed by atoms with Crippen LogP contribution in [0.4, 0.5) is 5.69 Å². The van der Waals surface area contributed by atoms with Crippen LogP contribution in [-0.2, 0) is 16.0 Å². The molecule has 0 aromatic heterocycles. The average molecular weight is 398 g/mol. The Hall–Kier alpha value is -3.55. The van der Waals surface area contributed by atoms with Crippen molar-refractivity contribution in [2.75, 3.05) is 26.1 Å². The lowest BCUT2D eigenvalue weighted by atomic mass is 10.1. The fraction of sp³-hybridized carbons (Fsp3) is 0.286. The molecule has 1 atom stereocenters. The number of anilines is 1. The molecule has 1 heterocycles. The summed E-state index contributed by atoms with van der Waals surface area (Å²) < 4.78 is 10.5. The van der Waals surface area contributed by atoms with Crippen LogP contribution in [0.25, 0.3) is 0 Å². The predicted molar refractivity (Wildman–Crippen MR) is 105 cm³/mol. The van der Waals surface area contributed by atoms with Crippen molar-refractivity contribution in [3.05, 3.63) is 53.6 Å². The smallest absolute Gasteiger partial charge is 0.335 e. The topological polar surface area (TPSA) is 105 Å². The summed E-state index contributed by atoms with van der Waals surface area (Å²) in [4.78, 5) is 37.1. The van der Waals surface area contributed by atoms with Gasteiger partial charge in [-0.05, 0) is 48.4 Å². The van der Waals surface area contributed by atoms with Crippen molar-refractivity contribution in [2.24, 2.45) is 0 Å². The van der Waals surface area contributed by atoms with E-state index in [2.05, 4.69) is 5.32 Å². The number of nitrogens with one attached hydrogen (secondary N) is 1. The molecule has 2 amide bonds. The summed E-state index contributed by atoms with van der Waals surface area (Å²) in [7, 11) is 3.11. The lowest BCUT2D eigenvalue weighted by Crippen LogP contribution is -2.36. The van der Waals surface area contributed by atoms with Gasteiger partial charge in [-0.2, -0.15) is 0 Å². The molecule has 0 aliphatic carbocycles. The lowest BCUT2D eigenvalue weighted by molar-refractivity contribution is -0.138. The molecule has 1 saturated heterocycles. The van der Waals surface area contributed by atoms with Crippen LogP contribution in [0.2, 0.25) is 0 Å². The number of carboxylic acid groups (broad SMARTS) is 1. The Morgan fingerprint density at radius 2 is 1.79 bits per heavy atom. The summed E-state index contributed by atoms with van der Waals surface area (Å²) in [5.41, 5.74) is 1.66. The van der Waals surface area contributed by atoms with E-state index in [1.165, 1.54) is 17.0 Å². The number of benzene rings is 2. The van der Waals surface area contributed by atoms with Crippen molar-refractivity contribution in [1.82, 2.24) is 4.90 Å². The molecule has 0 spiro atoms. The van der Waals surface area contributed by atoms with Gasteiger partial charge in [0, 0.05) is 12.2 Å². The Morgan fingerprint density at radius 3 is 2.41 bits per heavy atom. The zero-order valence-corrected chi connectivity index (χ0v) is 16.2. The van der Waals surface area contributed by atoms with Gasteiger partial charge in [0.2, 0.25) is 5.91 Å². The molecule has 2 N–H and O–H groups in total. The number of likely N-dealkylation sites (tertiary alicyclic amines) is 1. The van der Waals surface area contributed by atoms with Crippen LogP contribution in [0, 0.1) is 0 Å². The SMILES string of the molecule is COc1ccc(CCN2C(=O)C[C@H](Nc3ccc(C(=O)O)cc3)C2=O)cc1OC. The van der Waals surface area contributed by atoms with E-state index in [1.54, 1.807) is 32.4 Å². The van der Waals surface area contributed by atoms with Gasteiger partial charge in [-0.3, -0.25) is 14.5 Å². The minimum Gasteiger partial charge on any atom is -0.493 e. The highest BCUT2D eigenvalue weighted by atomic mass is 16.5. The number of carbonyl (C=O) groups excluding carboxylic acids is 2. The van der Waals surface area contributed by atoms with Gasteiger partial charge in [0.25, 0.3) is 5.91 Å². The zero-order valence-electron chi connectivity index (χ0n) is 16.2. The molecule has 0 radical (unpaired) electrons. The van der Waals surface area contributed by atoms with Crippen LogP contribution in [0.15, 0.2) is 42.5 Å². The van der Waals surface area contributed by atoms with Gasteiger partial charge in [-0.25, -0.2) is 4.79 Å². The van der Waals surface area contributed by atoms with E-state index < -0.39 is 12.0 Å². The molecule has 29 heavy (non-hydrogen) atoms. The van der Waals surface area contributed by atoms with E-state index in [4.69, 9.17) is 14.6 Å². The van der Waals surface area contributed by atoms with Crippen LogP contribution in [0.1, 0.15) is 22.3 Å². The van der Waals surface area contributed by atoms with Gasteiger partial charge in [0.15, 0.2) is 11.5 Å². The zero-order chi connectivity index (χ0) is 21.0. The van der Waals surface area contributed by atoms with Gasteiger partial charge in [-0.1, -0.05) is 6.07 Å². The van der Waals surface area contributed by atoms with Crippen molar-refractivity contribution in [2.45, 2.75) is 18.9 Å². The molecule has 2 aromatic rings. The third kappa shape index (κ3) is 4.48. The average Bonchev–Trinajstić information content (AvgIpc) is 2.99. The second kappa shape index (κ2) is 8.64. The summed E-state index contributed by atoms with van der Waals surface area (Å²) in [6.45, 7) is 0.267. The molecular weight excluding hydrogens is 376 g/mol. The predicted octanol–water partition coefficient (Wildman–Crippen LogP) is 2.18. The number of rotatable bonds is 8. The van der Waals surface area contributed by atoms with Crippen molar-refractivity contribution < 1.29 is 29.0 Å². The molecule has 152 valence electrons. The van der Waals surface area contributed by atoms with Gasteiger partial charge >= 0.3 is 5.97 Å². The molecule has 1 aliphatic rings. The maximum atomic E-state index is 12.6. The van der Waals surface area contributed by atoms with Crippen LogP contribution in [0.3, 0.4) is 0 Å². The molecule has 1 fully saturated rings. The van der Waals surface area contributed by atoms with Gasteiger partial charge in [0.1, 0.15) is 6.04 Å². The first-order valence-corrected chi connectivity index (χ1v) is 9.08. The Bertz CT molecular complexity index is 925. The third-order valence-corrected chi connectivity index (χ3v) is 4.79. The molecule has 0 saturated carbocycles. The molecule has 0 unspecified atom stereocenters. The Balaban J connectivity index is 1.62. The number of imide groups is 1. The molecule has 8 nitrogen and oxygen atoms in total. The van der Waals surface area contributed by atoms with Crippen molar-refractivity contribution in [3.63, 3.8) is 0 Å². The number of aromatic carboxylic acids is 1. The van der Waals surface area contributed by atoms with Gasteiger partial charge < -0.3 is 19.9 Å². The number of carbonyl (C=O) groups is 3. The number of hydrogen-bond donors (Lipinski definition) is 2. The largest absolute Gasteiger partial charge is 0.493 e. The quantitative estimate of drug-likeness (QED) is 0.657. The van der Waals surface area contributed by atoms with E-state index in [1.807, 2.05) is 12.1 Å². The summed E-state index contributed by atoms with van der Waals surface area (Å²) in [6.07, 6.45) is 0.559. The highest BCUT2D eigenvalue weighted by Crippen LogP contribution is 2.28. The normalized spacial score (nSPS) is 16.1. The molecule has 3 rings (SSSR count). The fourth-order valence-corrected chi connectivity index (χ4v) is 3.22. The van der Waals surface area contributed by atoms with E-state index in [-0.39, 0.29) is 30.3 Å². The van der Waals surface area contributed by atoms with Crippen molar-refractivity contribution in [3.8, 4) is 11.5 Å². The van der Waals surface area contributed by atoms with Gasteiger partial charge in [0.05, 0.1) is 26.2 Å². The second-order valence-corrected chi connectivity index (χ2v) is 6.61. The number of nitrogens with zero attached hydrogens (tertiary/aromatic N) is 1. The molecule has 0 bridgehead atoms. The number of ether oxygens (including phenoxy) is 2. The highest BCUT2D eigenvalue weighted by Gasteiger charge is 2.38. The van der Waals surface area contributed by atoms with Crippen LogP contribution in [0.5, 0.6) is 11.5 Å². The van der Waals surface area contributed by atoms with E-state index >= 15 is 0 Å². The van der Waals surface area contributed by atoms with E-state index in [0.717, 1.165) is 5.56 Å².